The lowest BCUT2D eigenvalue weighted by atomic mass is 10.6. The summed E-state index contributed by atoms with van der Waals surface area (Å²) in [6.07, 6.45) is 1.29. The molecule has 0 fully saturated rings. The Balaban J connectivity index is 2.34. The summed E-state index contributed by atoms with van der Waals surface area (Å²) < 4.78 is 1.08. The van der Waals surface area contributed by atoms with Crippen LogP contribution >= 0.6 is 27.7 Å². The Morgan fingerprint density at radius 2 is 2.33 bits per heavy atom. The molecule has 0 amide bonds. The van der Waals surface area contributed by atoms with Gasteiger partial charge in [-0.2, -0.15) is 11.8 Å². The predicted octanol–water partition coefficient (Wildman–Crippen LogP) is 2.48. The molecule has 0 aromatic rings. The topological polar surface area (TPSA) is 0 Å². The standard InChI is InChI=1S/C4H9BrS/c1-2-3-6-4-5/h2-4H2,1H3. The highest BCUT2D eigenvalue weighted by Crippen LogP contribution is 2.04. The Hall–Kier alpha value is 0.830. The minimum absolute atomic E-state index is 1.08. The fraction of sp³-hybridized carbons (Fsp3) is 1.00. The Bertz CT molecular complexity index is 19.5. The van der Waals surface area contributed by atoms with Gasteiger partial charge in [-0.3, -0.25) is 0 Å². The molecule has 0 aromatic heterocycles. The zero-order chi connectivity index (χ0) is 4.83. The van der Waals surface area contributed by atoms with Crippen molar-refractivity contribution in [1.29, 1.82) is 0 Å². The van der Waals surface area contributed by atoms with Crippen molar-refractivity contribution in [2.24, 2.45) is 0 Å². The molecule has 0 bridgehead atoms. The maximum Gasteiger partial charge on any atom is 0.0490 e. The van der Waals surface area contributed by atoms with E-state index in [-0.39, 0.29) is 0 Å². The van der Waals surface area contributed by atoms with Crippen LogP contribution in [0.3, 0.4) is 0 Å². The molecule has 0 atom stereocenters. The summed E-state index contributed by atoms with van der Waals surface area (Å²) in [5, 5.41) is 0. The van der Waals surface area contributed by atoms with Gasteiger partial charge in [0.1, 0.15) is 0 Å². The van der Waals surface area contributed by atoms with Crippen molar-refractivity contribution in [1.82, 2.24) is 0 Å². The fourth-order valence-corrected chi connectivity index (χ4v) is 1.28. The van der Waals surface area contributed by atoms with Gasteiger partial charge in [0.2, 0.25) is 0 Å². The zero-order valence-electron chi connectivity index (χ0n) is 3.91. The second-order valence-corrected chi connectivity index (χ2v) is 3.43. The fourth-order valence-electron chi connectivity index (χ4n) is 0.199. The molecule has 38 valence electrons. The maximum atomic E-state index is 3.31. The van der Waals surface area contributed by atoms with E-state index in [0.29, 0.717) is 0 Å². The quantitative estimate of drug-likeness (QED) is 0.462. The van der Waals surface area contributed by atoms with Crippen LogP contribution in [0.2, 0.25) is 0 Å². The van der Waals surface area contributed by atoms with E-state index in [0.717, 1.165) is 4.66 Å². The zero-order valence-corrected chi connectivity index (χ0v) is 6.31. The molecule has 0 radical (unpaired) electrons. The summed E-state index contributed by atoms with van der Waals surface area (Å²) in [5.41, 5.74) is 0. The van der Waals surface area contributed by atoms with Crippen LogP contribution in [-0.2, 0) is 0 Å². The molecular weight excluding hydrogens is 160 g/mol. The first-order chi connectivity index (χ1) is 2.91. The van der Waals surface area contributed by atoms with Gasteiger partial charge in [0.05, 0.1) is 0 Å². The Morgan fingerprint density at radius 1 is 1.67 bits per heavy atom. The van der Waals surface area contributed by atoms with Crippen LogP contribution in [0.25, 0.3) is 0 Å². The van der Waals surface area contributed by atoms with Crippen molar-refractivity contribution in [2.45, 2.75) is 13.3 Å². The monoisotopic (exact) mass is 168 g/mol. The molecule has 0 saturated heterocycles. The maximum absolute atomic E-state index is 3.31. The average molecular weight is 169 g/mol. The highest BCUT2D eigenvalue weighted by Gasteiger charge is 1.76. The molecule has 0 nitrogen and oxygen atoms in total. The SMILES string of the molecule is CCCSCBr. The van der Waals surface area contributed by atoms with Gasteiger partial charge in [-0.25, -0.2) is 0 Å². The van der Waals surface area contributed by atoms with Gasteiger partial charge in [-0.15, -0.1) is 0 Å². The van der Waals surface area contributed by atoms with E-state index >= 15 is 0 Å². The van der Waals surface area contributed by atoms with E-state index in [1.807, 2.05) is 11.8 Å². The van der Waals surface area contributed by atoms with Crippen molar-refractivity contribution in [3.8, 4) is 0 Å². The van der Waals surface area contributed by atoms with E-state index in [1.54, 1.807) is 0 Å². The Kier molecular flexibility index (Phi) is 6.64. The van der Waals surface area contributed by atoms with E-state index in [1.165, 1.54) is 12.2 Å². The molecule has 0 aliphatic rings. The van der Waals surface area contributed by atoms with Gasteiger partial charge >= 0.3 is 0 Å². The molecular formula is C4H9BrS. The van der Waals surface area contributed by atoms with Crippen molar-refractivity contribution in [3.05, 3.63) is 0 Å². The van der Waals surface area contributed by atoms with Crippen LogP contribution in [0.1, 0.15) is 13.3 Å². The number of thioether (sulfide) groups is 1. The number of hydrogen-bond acceptors (Lipinski definition) is 1. The van der Waals surface area contributed by atoms with Gasteiger partial charge in [-0.05, 0) is 12.2 Å². The molecule has 0 saturated carbocycles. The van der Waals surface area contributed by atoms with Crippen LogP contribution in [0.5, 0.6) is 0 Å². The Morgan fingerprint density at radius 3 is 2.50 bits per heavy atom. The predicted molar refractivity (Wildman–Crippen MR) is 36.5 cm³/mol. The Labute approximate surface area is 51.8 Å². The first kappa shape index (κ1) is 6.83. The second-order valence-electron chi connectivity index (χ2n) is 1.02. The average Bonchev–Trinajstić information content (AvgIpc) is 1.61. The summed E-state index contributed by atoms with van der Waals surface area (Å²) in [6.45, 7) is 2.19. The molecule has 0 unspecified atom stereocenters. The minimum atomic E-state index is 1.08. The molecule has 0 rings (SSSR count). The third-order valence-electron chi connectivity index (χ3n) is 0.426. The van der Waals surface area contributed by atoms with Gasteiger partial charge in [0.25, 0.3) is 0 Å². The van der Waals surface area contributed by atoms with Crippen LogP contribution in [-0.4, -0.2) is 10.4 Å². The summed E-state index contributed by atoms with van der Waals surface area (Å²) in [4.78, 5) is 0. The molecule has 6 heavy (non-hydrogen) atoms. The summed E-state index contributed by atoms with van der Waals surface area (Å²) >= 11 is 5.24. The van der Waals surface area contributed by atoms with Crippen LogP contribution in [0.15, 0.2) is 0 Å². The smallest absolute Gasteiger partial charge is 0.0490 e. The van der Waals surface area contributed by atoms with E-state index in [2.05, 4.69) is 22.9 Å². The van der Waals surface area contributed by atoms with Crippen LogP contribution in [0.4, 0.5) is 0 Å². The highest BCUT2D eigenvalue weighted by atomic mass is 79.9. The van der Waals surface area contributed by atoms with E-state index in [9.17, 15) is 0 Å². The van der Waals surface area contributed by atoms with E-state index < -0.39 is 0 Å². The number of hydrogen-bond donors (Lipinski definition) is 0. The molecule has 0 heterocycles. The molecule has 0 aliphatic heterocycles. The lowest BCUT2D eigenvalue weighted by Gasteiger charge is -1.85. The molecule has 0 spiro atoms. The molecule has 2 heteroatoms. The van der Waals surface area contributed by atoms with E-state index in [4.69, 9.17) is 0 Å². The van der Waals surface area contributed by atoms with Gasteiger partial charge in [-0.1, -0.05) is 22.9 Å². The number of halogens is 1. The summed E-state index contributed by atoms with van der Waals surface area (Å²) in [7, 11) is 0. The van der Waals surface area contributed by atoms with Crippen LogP contribution in [0, 0.1) is 0 Å². The van der Waals surface area contributed by atoms with Crippen molar-refractivity contribution in [2.75, 3.05) is 10.4 Å². The normalized spacial score (nSPS) is 9.00. The largest absolute Gasteiger partial charge is 0.150 e. The number of rotatable bonds is 3. The first-order valence-electron chi connectivity index (χ1n) is 2.05. The summed E-state index contributed by atoms with van der Waals surface area (Å²) in [6, 6.07) is 0. The van der Waals surface area contributed by atoms with Crippen LogP contribution < -0.4 is 0 Å². The third-order valence-corrected chi connectivity index (χ3v) is 2.25. The minimum Gasteiger partial charge on any atom is -0.150 e. The number of alkyl halides is 1. The van der Waals surface area contributed by atoms with Gasteiger partial charge in [0.15, 0.2) is 0 Å². The van der Waals surface area contributed by atoms with Crippen molar-refractivity contribution >= 4 is 27.7 Å². The highest BCUT2D eigenvalue weighted by molar-refractivity contribution is 9.11. The van der Waals surface area contributed by atoms with Crippen molar-refractivity contribution < 1.29 is 0 Å². The molecule has 0 N–H and O–H groups in total. The summed E-state index contributed by atoms with van der Waals surface area (Å²) in [5.74, 6) is 1.28. The van der Waals surface area contributed by atoms with Gasteiger partial charge in [0, 0.05) is 4.66 Å². The lowest BCUT2D eigenvalue weighted by Crippen LogP contribution is -1.69. The second kappa shape index (κ2) is 5.83. The van der Waals surface area contributed by atoms with Crippen molar-refractivity contribution in [3.63, 3.8) is 0 Å². The first-order valence-corrected chi connectivity index (χ1v) is 4.33. The third kappa shape index (κ3) is 4.83. The lowest BCUT2D eigenvalue weighted by molar-refractivity contribution is 1.11. The molecule has 0 aliphatic carbocycles. The van der Waals surface area contributed by atoms with Gasteiger partial charge < -0.3 is 0 Å². The molecule has 0 aromatic carbocycles.